The average Bonchev–Trinajstić information content (AvgIpc) is 2.64. The lowest BCUT2D eigenvalue weighted by Crippen LogP contribution is -2.13. The van der Waals surface area contributed by atoms with E-state index in [2.05, 4.69) is 4.98 Å². The normalized spacial score (nSPS) is 11.7. The van der Waals surface area contributed by atoms with Crippen LogP contribution in [-0.4, -0.2) is 12.1 Å². The maximum Gasteiger partial charge on any atom is 0.416 e. The SMILES string of the molecule is COc1ccc(Cl)cc1-c1c(C=CC#N)c(=O)[nH]c2ccc(C(F)(F)F)cc12. The molecule has 0 radical (unpaired) electrons. The monoisotopic (exact) mass is 404 g/mol. The van der Waals surface area contributed by atoms with Crippen LogP contribution < -0.4 is 10.3 Å². The molecule has 0 aliphatic heterocycles. The van der Waals surface area contributed by atoms with Crippen LogP contribution in [0.5, 0.6) is 5.75 Å². The number of rotatable bonds is 3. The molecule has 0 aliphatic rings. The summed E-state index contributed by atoms with van der Waals surface area (Å²) in [4.78, 5) is 15.1. The number of pyridine rings is 1. The van der Waals surface area contributed by atoms with Crippen molar-refractivity contribution in [3.63, 3.8) is 0 Å². The molecule has 0 aliphatic carbocycles. The van der Waals surface area contributed by atoms with Crippen LogP contribution in [-0.2, 0) is 6.18 Å². The number of allylic oxidation sites excluding steroid dienone is 1. The van der Waals surface area contributed by atoms with Crippen LogP contribution in [0.25, 0.3) is 28.1 Å². The quantitative estimate of drug-likeness (QED) is 0.593. The van der Waals surface area contributed by atoms with Crippen molar-refractivity contribution in [2.75, 3.05) is 7.11 Å². The third kappa shape index (κ3) is 3.59. The molecule has 3 aromatic rings. The summed E-state index contributed by atoms with van der Waals surface area (Å²) in [6.45, 7) is 0. The first-order valence-corrected chi connectivity index (χ1v) is 8.31. The van der Waals surface area contributed by atoms with E-state index in [0.717, 1.165) is 18.2 Å². The van der Waals surface area contributed by atoms with Gasteiger partial charge in [0.15, 0.2) is 0 Å². The van der Waals surface area contributed by atoms with Crippen LogP contribution in [0.1, 0.15) is 11.1 Å². The number of aromatic amines is 1. The van der Waals surface area contributed by atoms with Gasteiger partial charge in [-0.25, -0.2) is 0 Å². The fourth-order valence-corrected chi connectivity index (χ4v) is 3.10. The van der Waals surface area contributed by atoms with Crippen LogP contribution in [0.2, 0.25) is 5.02 Å². The topological polar surface area (TPSA) is 65.9 Å². The number of nitriles is 1. The van der Waals surface area contributed by atoms with E-state index in [9.17, 15) is 18.0 Å². The second-order valence-corrected chi connectivity index (χ2v) is 6.24. The number of hydrogen-bond donors (Lipinski definition) is 1. The number of benzene rings is 2. The van der Waals surface area contributed by atoms with Gasteiger partial charge < -0.3 is 9.72 Å². The maximum absolute atomic E-state index is 13.3. The van der Waals surface area contributed by atoms with E-state index in [1.165, 1.54) is 25.3 Å². The van der Waals surface area contributed by atoms with E-state index in [0.29, 0.717) is 16.3 Å². The van der Waals surface area contributed by atoms with Crippen molar-refractivity contribution in [3.05, 3.63) is 69.0 Å². The Labute approximate surface area is 162 Å². The molecule has 0 spiro atoms. The van der Waals surface area contributed by atoms with Crippen molar-refractivity contribution in [1.29, 1.82) is 5.26 Å². The van der Waals surface area contributed by atoms with Gasteiger partial charge in [-0.05, 0) is 42.5 Å². The fraction of sp³-hybridized carbons (Fsp3) is 0.100. The van der Waals surface area contributed by atoms with E-state index in [-0.39, 0.29) is 22.0 Å². The van der Waals surface area contributed by atoms with Gasteiger partial charge in [0.25, 0.3) is 5.56 Å². The molecule has 28 heavy (non-hydrogen) atoms. The van der Waals surface area contributed by atoms with E-state index in [1.54, 1.807) is 18.2 Å². The molecule has 0 amide bonds. The Balaban J connectivity index is 2.53. The molecule has 0 atom stereocenters. The smallest absolute Gasteiger partial charge is 0.416 e. The van der Waals surface area contributed by atoms with E-state index in [4.69, 9.17) is 21.6 Å². The lowest BCUT2D eigenvalue weighted by Gasteiger charge is -2.16. The standard InChI is InChI=1S/C20H12ClF3N2O2/c1-28-17-7-5-12(21)10-15(17)18-13(3-2-8-25)19(27)26-16-6-4-11(9-14(16)18)20(22,23)24/h2-7,9-10H,1H3,(H,26,27). The summed E-state index contributed by atoms with van der Waals surface area (Å²) < 4.78 is 45.1. The summed E-state index contributed by atoms with van der Waals surface area (Å²) in [5.41, 5.74) is -0.669. The maximum atomic E-state index is 13.3. The first kappa shape index (κ1) is 19.5. The molecule has 8 heteroatoms. The van der Waals surface area contributed by atoms with Crippen molar-refractivity contribution in [2.45, 2.75) is 6.18 Å². The average molecular weight is 405 g/mol. The Morgan fingerprint density at radius 2 is 1.96 bits per heavy atom. The molecular formula is C20H12ClF3N2O2. The van der Waals surface area contributed by atoms with Gasteiger partial charge >= 0.3 is 6.18 Å². The highest BCUT2D eigenvalue weighted by atomic mass is 35.5. The van der Waals surface area contributed by atoms with Crippen LogP contribution in [0, 0.1) is 11.3 Å². The van der Waals surface area contributed by atoms with Gasteiger partial charge in [-0.15, -0.1) is 0 Å². The molecule has 1 N–H and O–H groups in total. The fourth-order valence-electron chi connectivity index (χ4n) is 2.93. The van der Waals surface area contributed by atoms with Crippen LogP contribution in [0.3, 0.4) is 0 Å². The van der Waals surface area contributed by atoms with E-state index in [1.807, 2.05) is 0 Å². The summed E-state index contributed by atoms with van der Waals surface area (Å²) >= 11 is 6.08. The predicted octanol–water partition coefficient (Wildman–Crippen LogP) is 5.41. The highest BCUT2D eigenvalue weighted by molar-refractivity contribution is 6.31. The number of methoxy groups -OCH3 is 1. The van der Waals surface area contributed by atoms with Gasteiger partial charge in [0.2, 0.25) is 0 Å². The van der Waals surface area contributed by atoms with E-state index >= 15 is 0 Å². The van der Waals surface area contributed by atoms with E-state index < -0.39 is 17.3 Å². The number of nitrogens with zero attached hydrogens (tertiary/aromatic N) is 1. The number of ether oxygens (including phenoxy) is 1. The van der Waals surface area contributed by atoms with Gasteiger partial charge in [0.1, 0.15) is 5.75 Å². The molecule has 4 nitrogen and oxygen atoms in total. The summed E-state index contributed by atoms with van der Waals surface area (Å²) in [5, 5.41) is 9.30. The zero-order valence-electron chi connectivity index (χ0n) is 14.4. The number of H-pyrrole nitrogens is 1. The van der Waals surface area contributed by atoms with Gasteiger partial charge in [0, 0.05) is 38.7 Å². The molecule has 1 heterocycles. The van der Waals surface area contributed by atoms with Crippen molar-refractivity contribution in [1.82, 2.24) is 4.98 Å². The largest absolute Gasteiger partial charge is 0.496 e. The molecule has 0 saturated carbocycles. The van der Waals surface area contributed by atoms with Crippen molar-refractivity contribution >= 4 is 28.6 Å². The number of hydrogen-bond acceptors (Lipinski definition) is 3. The first-order valence-electron chi connectivity index (χ1n) is 7.93. The van der Waals surface area contributed by atoms with Gasteiger partial charge in [0.05, 0.1) is 18.7 Å². The summed E-state index contributed by atoms with van der Waals surface area (Å²) in [5.74, 6) is 0.320. The molecule has 3 rings (SSSR count). The molecule has 142 valence electrons. The number of aromatic nitrogens is 1. The molecule has 0 saturated heterocycles. The van der Waals surface area contributed by atoms with Crippen LogP contribution >= 0.6 is 11.6 Å². The molecule has 2 aromatic carbocycles. The lowest BCUT2D eigenvalue weighted by molar-refractivity contribution is -0.137. The number of nitrogens with one attached hydrogen (secondary N) is 1. The minimum atomic E-state index is -4.57. The zero-order valence-corrected chi connectivity index (χ0v) is 15.2. The second kappa shape index (κ2) is 7.41. The van der Waals surface area contributed by atoms with Crippen molar-refractivity contribution < 1.29 is 17.9 Å². The minimum absolute atomic E-state index is 0.0222. The molecule has 0 unspecified atom stereocenters. The Morgan fingerprint density at radius 1 is 1.21 bits per heavy atom. The molecule has 1 aromatic heterocycles. The van der Waals surface area contributed by atoms with Crippen LogP contribution in [0.4, 0.5) is 13.2 Å². The van der Waals surface area contributed by atoms with Gasteiger partial charge in [-0.1, -0.05) is 11.6 Å². The Morgan fingerprint density at radius 3 is 2.61 bits per heavy atom. The Hall–Kier alpha value is -3.24. The highest BCUT2D eigenvalue weighted by Gasteiger charge is 2.31. The molecule has 0 fully saturated rings. The molecular weight excluding hydrogens is 393 g/mol. The third-order valence-corrected chi connectivity index (χ3v) is 4.37. The first-order chi connectivity index (χ1) is 13.3. The Kier molecular flexibility index (Phi) is 5.16. The van der Waals surface area contributed by atoms with Crippen molar-refractivity contribution in [2.24, 2.45) is 0 Å². The molecule has 0 bridgehead atoms. The van der Waals surface area contributed by atoms with Gasteiger partial charge in [-0.3, -0.25) is 4.79 Å². The highest BCUT2D eigenvalue weighted by Crippen LogP contribution is 2.40. The predicted molar refractivity (Wildman–Crippen MR) is 101 cm³/mol. The number of fused-ring (bicyclic) bond motifs is 1. The Bertz CT molecular complexity index is 1190. The summed E-state index contributed by atoms with van der Waals surface area (Å²) in [6, 6.07) is 9.42. The van der Waals surface area contributed by atoms with Gasteiger partial charge in [-0.2, -0.15) is 18.4 Å². The minimum Gasteiger partial charge on any atom is -0.496 e. The number of alkyl halides is 3. The van der Waals surface area contributed by atoms with Crippen molar-refractivity contribution in [3.8, 4) is 22.9 Å². The second-order valence-electron chi connectivity index (χ2n) is 5.81. The lowest BCUT2D eigenvalue weighted by atomic mass is 9.94. The number of halogens is 4. The third-order valence-electron chi connectivity index (χ3n) is 4.13. The summed E-state index contributed by atoms with van der Waals surface area (Å²) in [6.07, 6.45) is -2.25. The summed E-state index contributed by atoms with van der Waals surface area (Å²) in [7, 11) is 1.40. The zero-order chi connectivity index (χ0) is 20.5. The van der Waals surface area contributed by atoms with Crippen LogP contribution in [0.15, 0.2) is 47.3 Å².